The number of amides is 2. The predicted molar refractivity (Wildman–Crippen MR) is 154 cm³/mol. The third kappa shape index (κ3) is 7.70. The molecule has 11 heteroatoms. The van der Waals surface area contributed by atoms with E-state index in [1.54, 1.807) is 13.0 Å². The number of sulfonamides is 1. The van der Waals surface area contributed by atoms with Gasteiger partial charge in [-0.15, -0.1) is 0 Å². The molecule has 2 amide bonds. The summed E-state index contributed by atoms with van der Waals surface area (Å²) >= 11 is 0. The van der Waals surface area contributed by atoms with Crippen LogP contribution in [0.4, 0.5) is 18.9 Å². The molecule has 0 bridgehead atoms. The monoisotopic (exact) mass is 601 g/mol. The fourth-order valence-electron chi connectivity index (χ4n) is 5.05. The molecule has 3 aromatic rings. The Morgan fingerprint density at radius 1 is 0.929 bits per heavy atom. The van der Waals surface area contributed by atoms with Gasteiger partial charge >= 0.3 is 6.18 Å². The lowest BCUT2D eigenvalue weighted by molar-refractivity contribution is -0.139. The number of hydrogen-bond acceptors (Lipinski definition) is 4. The second-order valence-electron chi connectivity index (χ2n) is 10.4. The van der Waals surface area contributed by atoms with Crippen LogP contribution in [0.5, 0.6) is 0 Å². The van der Waals surface area contributed by atoms with Crippen LogP contribution in [0.25, 0.3) is 0 Å². The van der Waals surface area contributed by atoms with Crippen molar-refractivity contribution in [3.05, 3.63) is 96.1 Å². The minimum absolute atomic E-state index is 0.00564. The Morgan fingerprint density at radius 3 is 2.17 bits per heavy atom. The van der Waals surface area contributed by atoms with Gasteiger partial charge in [-0.05, 0) is 62.1 Å². The second kappa shape index (κ2) is 13.4. The van der Waals surface area contributed by atoms with Gasteiger partial charge in [0, 0.05) is 12.6 Å². The summed E-state index contributed by atoms with van der Waals surface area (Å²) in [6.07, 6.45) is -0.651. The Balaban J connectivity index is 1.68. The Hall–Kier alpha value is -3.86. The van der Waals surface area contributed by atoms with Crippen LogP contribution in [-0.2, 0) is 32.2 Å². The van der Waals surface area contributed by atoms with E-state index in [2.05, 4.69) is 5.32 Å². The van der Waals surface area contributed by atoms with E-state index < -0.39 is 40.3 Å². The molecule has 0 saturated heterocycles. The number of rotatable bonds is 11. The summed E-state index contributed by atoms with van der Waals surface area (Å²) in [5.74, 6) is -1.07. The molecule has 1 atom stereocenters. The third-order valence-corrected chi connectivity index (χ3v) is 9.21. The highest BCUT2D eigenvalue weighted by Crippen LogP contribution is 2.33. The van der Waals surface area contributed by atoms with Crippen molar-refractivity contribution < 1.29 is 31.2 Å². The molecule has 42 heavy (non-hydrogen) atoms. The summed E-state index contributed by atoms with van der Waals surface area (Å²) in [7, 11) is -4.46. The maximum absolute atomic E-state index is 13.9. The van der Waals surface area contributed by atoms with Crippen molar-refractivity contribution >= 4 is 27.5 Å². The van der Waals surface area contributed by atoms with Crippen molar-refractivity contribution in [1.29, 1.82) is 0 Å². The number of hydrogen-bond donors (Lipinski definition) is 1. The van der Waals surface area contributed by atoms with Crippen molar-refractivity contribution in [1.82, 2.24) is 10.2 Å². The largest absolute Gasteiger partial charge is 0.416 e. The van der Waals surface area contributed by atoms with Crippen molar-refractivity contribution in [2.75, 3.05) is 17.4 Å². The lowest BCUT2D eigenvalue weighted by Gasteiger charge is -2.32. The lowest BCUT2D eigenvalue weighted by atomic mass is 10.1. The van der Waals surface area contributed by atoms with E-state index in [0.717, 1.165) is 43.4 Å². The van der Waals surface area contributed by atoms with Crippen molar-refractivity contribution in [3.63, 3.8) is 0 Å². The Bertz CT molecular complexity index is 1460. The van der Waals surface area contributed by atoms with E-state index in [1.807, 2.05) is 30.3 Å². The van der Waals surface area contributed by atoms with E-state index >= 15 is 0 Å². The first-order chi connectivity index (χ1) is 20.0. The third-order valence-electron chi connectivity index (χ3n) is 7.42. The van der Waals surface area contributed by atoms with Crippen LogP contribution in [0.3, 0.4) is 0 Å². The minimum Gasteiger partial charge on any atom is -0.352 e. The average Bonchev–Trinajstić information content (AvgIpc) is 3.49. The smallest absolute Gasteiger partial charge is 0.352 e. The van der Waals surface area contributed by atoms with E-state index in [-0.39, 0.29) is 29.1 Å². The first-order valence-electron chi connectivity index (χ1n) is 13.9. The molecule has 0 unspecified atom stereocenters. The van der Waals surface area contributed by atoms with Crippen LogP contribution in [0, 0.1) is 0 Å². The van der Waals surface area contributed by atoms with Gasteiger partial charge in [0.15, 0.2) is 0 Å². The van der Waals surface area contributed by atoms with E-state index in [0.29, 0.717) is 16.8 Å². The molecule has 0 aromatic heterocycles. The lowest BCUT2D eigenvalue weighted by Crippen LogP contribution is -2.53. The fraction of sp³-hybridized carbons (Fsp3) is 0.355. The van der Waals surface area contributed by atoms with Gasteiger partial charge in [-0.3, -0.25) is 13.9 Å². The summed E-state index contributed by atoms with van der Waals surface area (Å²) < 4.78 is 68.9. The summed E-state index contributed by atoms with van der Waals surface area (Å²) in [6, 6.07) is 19.4. The van der Waals surface area contributed by atoms with Crippen LogP contribution in [0.15, 0.2) is 89.8 Å². The zero-order valence-electron chi connectivity index (χ0n) is 23.3. The summed E-state index contributed by atoms with van der Waals surface area (Å²) in [6.45, 7) is 0.881. The zero-order valence-corrected chi connectivity index (χ0v) is 24.1. The molecule has 4 rings (SSSR count). The molecule has 0 spiro atoms. The average molecular weight is 602 g/mol. The van der Waals surface area contributed by atoms with Crippen molar-refractivity contribution in [2.24, 2.45) is 0 Å². The molecule has 1 fully saturated rings. The number of anilines is 1. The Labute approximate surface area is 244 Å². The normalized spacial score (nSPS) is 14.8. The van der Waals surface area contributed by atoms with E-state index in [1.165, 1.54) is 35.2 Å². The molecule has 7 nitrogen and oxygen atoms in total. The molecule has 3 aromatic carbocycles. The van der Waals surface area contributed by atoms with Gasteiger partial charge in [0.1, 0.15) is 12.6 Å². The number of carbonyl (C=O) groups excluding carboxylic acids is 2. The molecule has 1 aliphatic carbocycles. The van der Waals surface area contributed by atoms with Gasteiger partial charge in [0.05, 0.1) is 16.1 Å². The van der Waals surface area contributed by atoms with Gasteiger partial charge < -0.3 is 10.2 Å². The number of nitrogens with one attached hydrogen (secondary N) is 1. The van der Waals surface area contributed by atoms with Gasteiger partial charge in [0.25, 0.3) is 10.0 Å². The van der Waals surface area contributed by atoms with Crippen LogP contribution < -0.4 is 9.62 Å². The summed E-state index contributed by atoms with van der Waals surface area (Å²) in [5.41, 5.74) is -0.454. The molecule has 224 valence electrons. The van der Waals surface area contributed by atoms with E-state index in [9.17, 15) is 31.2 Å². The SMILES string of the molecule is C[C@@H](C(=O)NC1CCCC1)N(CCc1ccccc1)C(=O)CN(c1cccc(C(F)(F)F)c1)S(=O)(=O)c1ccccc1. The Kier molecular flexibility index (Phi) is 9.93. The van der Waals surface area contributed by atoms with Crippen molar-refractivity contribution in [2.45, 2.75) is 62.2 Å². The molecule has 0 radical (unpaired) electrons. The fourth-order valence-corrected chi connectivity index (χ4v) is 6.47. The zero-order chi connectivity index (χ0) is 30.3. The maximum atomic E-state index is 13.9. The minimum atomic E-state index is -4.73. The summed E-state index contributed by atoms with van der Waals surface area (Å²) in [5, 5.41) is 2.99. The molecular weight excluding hydrogens is 567 g/mol. The second-order valence-corrected chi connectivity index (χ2v) is 12.2. The predicted octanol–water partition coefficient (Wildman–Crippen LogP) is 5.42. The number of alkyl halides is 3. The molecule has 0 heterocycles. The first-order valence-corrected chi connectivity index (χ1v) is 15.3. The van der Waals surface area contributed by atoms with Gasteiger partial charge in [0.2, 0.25) is 11.8 Å². The van der Waals surface area contributed by atoms with Crippen LogP contribution in [0.2, 0.25) is 0 Å². The molecule has 0 aliphatic heterocycles. The number of halogens is 3. The molecule has 1 N–H and O–H groups in total. The first kappa shape index (κ1) is 31.1. The number of nitrogens with zero attached hydrogens (tertiary/aromatic N) is 2. The summed E-state index contributed by atoms with van der Waals surface area (Å²) in [4.78, 5) is 28.3. The number of benzene rings is 3. The van der Waals surface area contributed by atoms with Gasteiger partial charge in [-0.25, -0.2) is 8.42 Å². The highest BCUT2D eigenvalue weighted by atomic mass is 32.2. The molecule has 1 aliphatic rings. The number of carbonyl (C=O) groups is 2. The topological polar surface area (TPSA) is 86.8 Å². The van der Waals surface area contributed by atoms with E-state index in [4.69, 9.17) is 0 Å². The van der Waals surface area contributed by atoms with Crippen LogP contribution in [0.1, 0.15) is 43.7 Å². The standard InChI is InChI=1S/C31H34F3N3O4S/c1-23(30(39)35-26-14-8-9-15-26)36(20-19-24-11-4-2-5-12-24)29(38)22-37(42(40,41)28-17-6-3-7-18-28)27-16-10-13-25(21-27)31(32,33)34/h2-7,10-13,16-18,21,23,26H,8-9,14-15,19-20,22H2,1H3,(H,35,39)/t23-/m0/s1. The van der Waals surface area contributed by atoms with Crippen LogP contribution in [-0.4, -0.2) is 50.3 Å². The maximum Gasteiger partial charge on any atom is 0.416 e. The quantitative estimate of drug-likeness (QED) is 0.318. The van der Waals surface area contributed by atoms with Gasteiger partial charge in [-0.1, -0.05) is 67.4 Å². The Morgan fingerprint density at radius 2 is 1.55 bits per heavy atom. The van der Waals surface area contributed by atoms with Gasteiger partial charge in [-0.2, -0.15) is 13.2 Å². The van der Waals surface area contributed by atoms with Crippen LogP contribution >= 0.6 is 0 Å². The highest BCUT2D eigenvalue weighted by molar-refractivity contribution is 7.92. The highest BCUT2D eigenvalue weighted by Gasteiger charge is 2.35. The van der Waals surface area contributed by atoms with Crippen molar-refractivity contribution in [3.8, 4) is 0 Å². The molecule has 1 saturated carbocycles. The molecular formula is C31H34F3N3O4S.